The van der Waals surface area contributed by atoms with Gasteiger partial charge in [0.05, 0.1) is 12.1 Å². The lowest BCUT2D eigenvalue weighted by atomic mass is 10.1. The van der Waals surface area contributed by atoms with Crippen LogP contribution >= 0.6 is 11.8 Å². The first-order chi connectivity index (χ1) is 12.8. The number of hydrogen-bond donors (Lipinski definition) is 0. The second kappa shape index (κ2) is 8.97. The van der Waals surface area contributed by atoms with Crippen molar-refractivity contribution in [1.29, 1.82) is 0 Å². The van der Waals surface area contributed by atoms with E-state index in [1.165, 1.54) is 0 Å². The number of thioether (sulfide) groups is 1. The number of hydrogen-bond acceptors (Lipinski definition) is 5. The van der Waals surface area contributed by atoms with E-state index in [0.717, 1.165) is 27.7 Å². The fourth-order valence-corrected chi connectivity index (χ4v) is 3.21. The van der Waals surface area contributed by atoms with Crippen LogP contribution in [0.5, 0.6) is 5.75 Å². The molecule has 130 valence electrons. The molecule has 0 aliphatic carbocycles. The van der Waals surface area contributed by atoms with Crippen molar-refractivity contribution in [3.8, 4) is 5.75 Å². The van der Waals surface area contributed by atoms with E-state index in [0.29, 0.717) is 5.56 Å². The third-order valence-corrected chi connectivity index (χ3v) is 4.68. The molecule has 2 aromatic heterocycles. The van der Waals surface area contributed by atoms with E-state index in [1.54, 1.807) is 55.7 Å². The Labute approximate surface area is 157 Å². The molecular formula is C21H18N2O2S. The van der Waals surface area contributed by atoms with Crippen LogP contribution in [0.15, 0.2) is 78.2 Å². The van der Waals surface area contributed by atoms with E-state index in [1.807, 2.05) is 42.5 Å². The number of rotatable bonds is 7. The first-order valence-electron chi connectivity index (χ1n) is 8.09. The lowest BCUT2D eigenvalue weighted by Crippen LogP contribution is -1.95. The summed E-state index contributed by atoms with van der Waals surface area (Å²) in [4.78, 5) is 20.5. The minimum Gasteiger partial charge on any atom is -0.496 e. The first kappa shape index (κ1) is 17.9. The minimum absolute atomic E-state index is 0.0710. The minimum atomic E-state index is -0.0710. The molecule has 3 aromatic rings. The van der Waals surface area contributed by atoms with Gasteiger partial charge in [-0.1, -0.05) is 18.2 Å². The Kier molecular flexibility index (Phi) is 6.17. The molecule has 0 saturated carbocycles. The molecule has 1 aromatic carbocycles. The molecular weight excluding hydrogens is 344 g/mol. The maximum atomic E-state index is 12.2. The number of benzene rings is 1. The Morgan fingerprint density at radius 1 is 1.15 bits per heavy atom. The number of carbonyl (C=O) groups excluding carboxylic acids is 1. The zero-order chi connectivity index (χ0) is 18.2. The number of pyridine rings is 2. The number of ether oxygens (including phenoxy) is 1. The lowest BCUT2D eigenvalue weighted by molar-refractivity contribution is 0.104. The van der Waals surface area contributed by atoms with Crippen LogP contribution < -0.4 is 4.74 Å². The topological polar surface area (TPSA) is 52.1 Å². The van der Waals surface area contributed by atoms with Gasteiger partial charge in [0.1, 0.15) is 5.75 Å². The summed E-state index contributed by atoms with van der Waals surface area (Å²) in [5.41, 5.74) is 2.57. The van der Waals surface area contributed by atoms with Crippen molar-refractivity contribution in [3.05, 3.63) is 89.9 Å². The molecule has 0 unspecified atom stereocenters. The normalized spacial score (nSPS) is 10.8. The molecule has 2 heterocycles. The van der Waals surface area contributed by atoms with Crippen LogP contribution in [0.3, 0.4) is 0 Å². The highest BCUT2D eigenvalue weighted by Crippen LogP contribution is 2.28. The molecule has 0 spiro atoms. The predicted molar refractivity (Wildman–Crippen MR) is 104 cm³/mol. The molecule has 0 fully saturated rings. The van der Waals surface area contributed by atoms with Gasteiger partial charge in [-0.25, -0.2) is 4.98 Å². The lowest BCUT2D eigenvalue weighted by Gasteiger charge is -2.09. The van der Waals surface area contributed by atoms with Crippen molar-refractivity contribution < 1.29 is 9.53 Å². The molecule has 4 nitrogen and oxygen atoms in total. The summed E-state index contributed by atoms with van der Waals surface area (Å²) in [6.07, 6.45) is 8.37. The largest absolute Gasteiger partial charge is 0.496 e. The average Bonchev–Trinajstić information content (AvgIpc) is 2.72. The van der Waals surface area contributed by atoms with Crippen molar-refractivity contribution in [2.45, 2.75) is 10.8 Å². The predicted octanol–water partition coefficient (Wildman–Crippen LogP) is 4.67. The summed E-state index contributed by atoms with van der Waals surface area (Å²) in [6.45, 7) is 0. The van der Waals surface area contributed by atoms with Gasteiger partial charge in [-0.15, -0.1) is 11.8 Å². The summed E-state index contributed by atoms with van der Waals surface area (Å²) in [6, 6.07) is 15.2. The van der Waals surface area contributed by atoms with Crippen LogP contribution in [-0.2, 0) is 5.75 Å². The Hall–Kier alpha value is -2.92. The van der Waals surface area contributed by atoms with E-state index in [4.69, 9.17) is 4.74 Å². The molecule has 0 aliphatic rings. The molecule has 3 rings (SSSR count). The summed E-state index contributed by atoms with van der Waals surface area (Å²) in [7, 11) is 1.66. The molecule has 26 heavy (non-hydrogen) atoms. The van der Waals surface area contributed by atoms with Gasteiger partial charge in [0.25, 0.3) is 0 Å². The van der Waals surface area contributed by atoms with Gasteiger partial charge in [-0.3, -0.25) is 9.78 Å². The van der Waals surface area contributed by atoms with Crippen molar-refractivity contribution in [2.75, 3.05) is 7.11 Å². The van der Waals surface area contributed by atoms with Gasteiger partial charge in [-0.05, 0) is 48.0 Å². The second-order valence-corrected chi connectivity index (χ2v) is 6.46. The van der Waals surface area contributed by atoms with Crippen LogP contribution in [-0.4, -0.2) is 22.9 Å². The first-order valence-corrected chi connectivity index (χ1v) is 9.08. The van der Waals surface area contributed by atoms with Crippen molar-refractivity contribution in [2.24, 2.45) is 0 Å². The molecule has 0 saturated heterocycles. The van der Waals surface area contributed by atoms with E-state index < -0.39 is 0 Å². The van der Waals surface area contributed by atoms with E-state index in [-0.39, 0.29) is 5.78 Å². The Morgan fingerprint density at radius 2 is 2.08 bits per heavy atom. The van der Waals surface area contributed by atoms with Gasteiger partial charge >= 0.3 is 0 Å². The van der Waals surface area contributed by atoms with Crippen LogP contribution in [0.4, 0.5) is 0 Å². The van der Waals surface area contributed by atoms with Crippen LogP contribution in [0.25, 0.3) is 6.08 Å². The monoisotopic (exact) mass is 362 g/mol. The van der Waals surface area contributed by atoms with Gasteiger partial charge < -0.3 is 4.74 Å². The van der Waals surface area contributed by atoms with Crippen LogP contribution in [0.1, 0.15) is 21.5 Å². The van der Waals surface area contributed by atoms with Gasteiger partial charge in [0, 0.05) is 35.5 Å². The zero-order valence-corrected chi connectivity index (χ0v) is 15.1. The van der Waals surface area contributed by atoms with Crippen molar-refractivity contribution >= 4 is 23.6 Å². The molecule has 0 aliphatic heterocycles. The molecule has 0 bridgehead atoms. The fraction of sp³-hybridized carbons (Fsp3) is 0.0952. The number of allylic oxidation sites excluding steroid dienone is 1. The Bertz CT molecular complexity index is 896. The highest BCUT2D eigenvalue weighted by atomic mass is 32.2. The van der Waals surface area contributed by atoms with E-state index >= 15 is 0 Å². The maximum absolute atomic E-state index is 12.2. The fourth-order valence-electron chi connectivity index (χ4n) is 2.38. The smallest absolute Gasteiger partial charge is 0.187 e. The van der Waals surface area contributed by atoms with Crippen molar-refractivity contribution in [3.63, 3.8) is 0 Å². The summed E-state index contributed by atoms with van der Waals surface area (Å²) >= 11 is 1.64. The molecule has 5 heteroatoms. The van der Waals surface area contributed by atoms with Crippen molar-refractivity contribution in [1.82, 2.24) is 9.97 Å². The highest BCUT2D eigenvalue weighted by molar-refractivity contribution is 7.98. The average molecular weight is 362 g/mol. The number of ketones is 1. The molecule has 0 amide bonds. The van der Waals surface area contributed by atoms with Gasteiger partial charge in [0.15, 0.2) is 5.78 Å². The number of nitrogens with zero attached hydrogens (tertiary/aromatic N) is 2. The van der Waals surface area contributed by atoms with E-state index in [2.05, 4.69) is 9.97 Å². The third kappa shape index (κ3) is 4.80. The third-order valence-electron chi connectivity index (χ3n) is 3.69. The molecule has 0 N–H and O–H groups in total. The Balaban J connectivity index is 1.74. The summed E-state index contributed by atoms with van der Waals surface area (Å²) in [5.74, 6) is 1.49. The highest BCUT2D eigenvalue weighted by Gasteiger charge is 2.06. The summed E-state index contributed by atoms with van der Waals surface area (Å²) < 4.78 is 5.45. The number of carbonyl (C=O) groups is 1. The Morgan fingerprint density at radius 3 is 2.81 bits per heavy atom. The zero-order valence-electron chi connectivity index (χ0n) is 14.3. The summed E-state index contributed by atoms with van der Waals surface area (Å²) in [5, 5.41) is 0.960. The van der Waals surface area contributed by atoms with Crippen LogP contribution in [0, 0.1) is 0 Å². The van der Waals surface area contributed by atoms with Crippen LogP contribution in [0.2, 0.25) is 0 Å². The van der Waals surface area contributed by atoms with Gasteiger partial charge in [0.2, 0.25) is 0 Å². The van der Waals surface area contributed by atoms with Gasteiger partial charge in [-0.2, -0.15) is 0 Å². The number of aromatic nitrogens is 2. The maximum Gasteiger partial charge on any atom is 0.187 e. The standard InChI is InChI=1S/C21H18N2O2S/c1-25-20-10-8-16(7-9-19(24)17-5-4-11-22-14-17)13-18(20)15-26-21-6-2-3-12-23-21/h2-14H,15H2,1H3/b9-7+. The molecule has 0 radical (unpaired) electrons. The quantitative estimate of drug-likeness (QED) is 0.347. The van der Waals surface area contributed by atoms with E-state index in [9.17, 15) is 4.79 Å². The molecule has 0 atom stereocenters. The SMILES string of the molecule is COc1ccc(/C=C/C(=O)c2cccnc2)cc1CSc1ccccn1. The second-order valence-electron chi connectivity index (χ2n) is 5.47. The number of methoxy groups -OCH3 is 1.